The highest BCUT2D eigenvalue weighted by atomic mass is 19.1. The summed E-state index contributed by atoms with van der Waals surface area (Å²) in [5, 5.41) is 3.51. The van der Waals surface area contributed by atoms with Gasteiger partial charge in [0.15, 0.2) is 0 Å². The monoisotopic (exact) mass is 405 g/mol. The quantitative estimate of drug-likeness (QED) is 0.542. The average molecular weight is 405 g/mol. The third-order valence-electron chi connectivity index (χ3n) is 5.14. The summed E-state index contributed by atoms with van der Waals surface area (Å²) in [7, 11) is 0. The molecule has 4 aromatic rings. The van der Waals surface area contributed by atoms with E-state index in [9.17, 15) is 13.6 Å². The first kappa shape index (κ1) is 18.2. The summed E-state index contributed by atoms with van der Waals surface area (Å²) in [6.07, 6.45) is 7.45. The van der Waals surface area contributed by atoms with Gasteiger partial charge in [0.25, 0.3) is 0 Å². The molecule has 4 heterocycles. The average Bonchev–Trinajstić information content (AvgIpc) is 3.11. The molecule has 1 aliphatic rings. The summed E-state index contributed by atoms with van der Waals surface area (Å²) in [6.45, 7) is 1.46. The van der Waals surface area contributed by atoms with E-state index in [0.717, 1.165) is 19.5 Å². The number of carbonyl (C=O) groups is 1. The summed E-state index contributed by atoms with van der Waals surface area (Å²) in [5.74, 6) is -0.872. The fourth-order valence-corrected chi connectivity index (χ4v) is 3.40. The number of rotatable bonds is 3. The van der Waals surface area contributed by atoms with Crippen molar-refractivity contribution >= 4 is 22.6 Å². The van der Waals surface area contributed by atoms with Gasteiger partial charge in [0.1, 0.15) is 17.3 Å². The zero-order valence-electron chi connectivity index (χ0n) is 15.8. The number of likely N-dealkylation sites (tertiary alicyclic amines) is 1. The van der Waals surface area contributed by atoms with Crippen molar-refractivity contribution in [3.05, 3.63) is 72.8 Å². The molecule has 0 saturated carbocycles. The molecule has 5 rings (SSSR count). The zero-order chi connectivity index (χ0) is 20.7. The maximum Gasteiger partial charge on any atom is 0.321 e. The van der Waals surface area contributed by atoms with Gasteiger partial charge >= 0.3 is 6.03 Å². The SMILES string of the molecule is O=C(Nc1ccc(F)c(-n2cc3cc(-c4ncccc4F)cnc3c2)c1)N1CCC1. The number of anilines is 1. The molecule has 3 aromatic heterocycles. The van der Waals surface area contributed by atoms with Gasteiger partial charge in [0, 0.05) is 54.5 Å². The molecule has 1 aromatic carbocycles. The van der Waals surface area contributed by atoms with Crippen molar-refractivity contribution in [2.24, 2.45) is 0 Å². The van der Waals surface area contributed by atoms with Crippen LogP contribution in [0.2, 0.25) is 0 Å². The summed E-state index contributed by atoms with van der Waals surface area (Å²) >= 11 is 0. The number of hydrogen-bond acceptors (Lipinski definition) is 3. The van der Waals surface area contributed by atoms with Crippen LogP contribution in [0, 0.1) is 11.6 Å². The molecule has 6 nitrogen and oxygen atoms in total. The second-order valence-electron chi connectivity index (χ2n) is 7.13. The maximum absolute atomic E-state index is 14.5. The molecule has 0 aliphatic carbocycles. The fourth-order valence-electron chi connectivity index (χ4n) is 3.40. The van der Waals surface area contributed by atoms with Crippen LogP contribution < -0.4 is 5.32 Å². The molecular weight excluding hydrogens is 388 g/mol. The standard InChI is InChI=1S/C22H17F2N5O/c23-17-5-4-16(27-22(30)28-7-2-8-28)10-20(17)29-12-15-9-14(11-26-19(15)13-29)21-18(24)3-1-6-25-21/h1,3-6,9-13H,2,7-8H2,(H,27,30). The lowest BCUT2D eigenvalue weighted by atomic mass is 10.1. The van der Waals surface area contributed by atoms with Gasteiger partial charge in [0.2, 0.25) is 0 Å². The highest BCUT2D eigenvalue weighted by Crippen LogP contribution is 2.27. The number of hydrogen-bond donors (Lipinski definition) is 1. The molecule has 30 heavy (non-hydrogen) atoms. The molecule has 1 fully saturated rings. The number of nitrogens with zero attached hydrogens (tertiary/aromatic N) is 4. The number of aromatic nitrogens is 3. The second kappa shape index (κ2) is 7.22. The van der Waals surface area contributed by atoms with E-state index >= 15 is 0 Å². The van der Waals surface area contributed by atoms with Gasteiger partial charge in [-0.1, -0.05) is 0 Å². The van der Waals surface area contributed by atoms with E-state index < -0.39 is 11.6 Å². The lowest BCUT2D eigenvalue weighted by Crippen LogP contribution is -2.44. The second-order valence-corrected chi connectivity index (χ2v) is 7.13. The lowest BCUT2D eigenvalue weighted by Gasteiger charge is -2.30. The van der Waals surface area contributed by atoms with Crippen LogP contribution in [0.5, 0.6) is 0 Å². The Kier molecular flexibility index (Phi) is 4.39. The van der Waals surface area contributed by atoms with Crippen molar-refractivity contribution in [1.82, 2.24) is 19.4 Å². The number of carbonyl (C=O) groups excluding carboxylic acids is 1. The van der Waals surface area contributed by atoms with Crippen LogP contribution >= 0.6 is 0 Å². The van der Waals surface area contributed by atoms with Gasteiger partial charge in [0.05, 0.1) is 11.2 Å². The van der Waals surface area contributed by atoms with E-state index in [1.165, 1.54) is 36.7 Å². The number of urea groups is 1. The van der Waals surface area contributed by atoms with Gasteiger partial charge in [-0.2, -0.15) is 0 Å². The number of amides is 2. The van der Waals surface area contributed by atoms with Crippen molar-refractivity contribution in [1.29, 1.82) is 0 Å². The van der Waals surface area contributed by atoms with Crippen LogP contribution in [0.15, 0.2) is 61.2 Å². The van der Waals surface area contributed by atoms with Crippen molar-refractivity contribution < 1.29 is 13.6 Å². The molecule has 8 heteroatoms. The van der Waals surface area contributed by atoms with E-state index in [-0.39, 0.29) is 17.4 Å². The predicted octanol–water partition coefficient (Wildman–Crippen LogP) is 4.60. The van der Waals surface area contributed by atoms with Crippen molar-refractivity contribution in [3.63, 3.8) is 0 Å². The Balaban J connectivity index is 1.49. The number of benzene rings is 1. The molecule has 0 unspecified atom stereocenters. The minimum absolute atomic E-state index is 0.194. The van der Waals surface area contributed by atoms with Gasteiger partial charge in [-0.15, -0.1) is 0 Å². The molecule has 150 valence electrons. The normalized spacial score (nSPS) is 13.3. The van der Waals surface area contributed by atoms with Gasteiger partial charge in [-0.25, -0.2) is 13.6 Å². The Morgan fingerprint density at radius 2 is 1.90 bits per heavy atom. The fraction of sp³-hybridized carbons (Fsp3) is 0.136. The summed E-state index contributed by atoms with van der Waals surface area (Å²) < 4.78 is 30.2. The number of pyridine rings is 2. The van der Waals surface area contributed by atoms with E-state index in [2.05, 4.69) is 15.3 Å². The van der Waals surface area contributed by atoms with Gasteiger partial charge in [-0.05, 0) is 42.8 Å². The molecule has 1 aliphatic heterocycles. The molecule has 2 amide bonds. The minimum Gasteiger partial charge on any atom is -0.324 e. The third-order valence-corrected chi connectivity index (χ3v) is 5.14. The van der Waals surface area contributed by atoms with Gasteiger partial charge < -0.3 is 14.8 Å². The zero-order valence-corrected chi connectivity index (χ0v) is 15.8. The van der Waals surface area contributed by atoms with Crippen LogP contribution in [-0.2, 0) is 0 Å². The highest BCUT2D eigenvalue weighted by Gasteiger charge is 2.20. The van der Waals surface area contributed by atoms with Crippen molar-refractivity contribution in [2.75, 3.05) is 18.4 Å². The van der Waals surface area contributed by atoms with Crippen LogP contribution in [0.25, 0.3) is 27.8 Å². The summed E-state index contributed by atoms with van der Waals surface area (Å²) in [6, 6.07) is 8.85. The topological polar surface area (TPSA) is 63.1 Å². The largest absolute Gasteiger partial charge is 0.324 e. The molecule has 1 N–H and O–H groups in total. The third kappa shape index (κ3) is 3.26. The molecule has 0 bridgehead atoms. The molecule has 0 radical (unpaired) electrons. The van der Waals surface area contributed by atoms with Crippen molar-refractivity contribution in [3.8, 4) is 16.9 Å². The van der Waals surface area contributed by atoms with E-state index in [4.69, 9.17) is 0 Å². The maximum atomic E-state index is 14.5. The number of fused-ring (bicyclic) bond motifs is 1. The smallest absolute Gasteiger partial charge is 0.321 e. The van der Waals surface area contributed by atoms with Gasteiger partial charge in [-0.3, -0.25) is 9.97 Å². The molecule has 0 atom stereocenters. The molecule has 1 saturated heterocycles. The van der Waals surface area contributed by atoms with E-state index in [1.54, 1.807) is 34.0 Å². The number of halogens is 2. The Morgan fingerprint density at radius 3 is 2.67 bits per heavy atom. The first-order valence-electron chi connectivity index (χ1n) is 9.53. The Bertz CT molecular complexity index is 1270. The summed E-state index contributed by atoms with van der Waals surface area (Å²) in [5.41, 5.74) is 2.16. The van der Waals surface area contributed by atoms with Crippen LogP contribution in [0.3, 0.4) is 0 Å². The number of nitrogens with one attached hydrogen (secondary N) is 1. The van der Waals surface area contributed by atoms with Crippen LogP contribution in [0.1, 0.15) is 6.42 Å². The van der Waals surface area contributed by atoms with E-state index in [0.29, 0.717) is 22.2 Å². The minimum atomic E-state index is -0.437. The van der Waals surface area contributed by atoms with E-state index in [1.807, 2.05) is 0 Å². The van der Waals surface area contributed by atoms with Crippen LogP contribution in [0.4, 0.5) is 19.3 Å². The first-order chi connectivity index (χ1) is 14.6. The lowest BCUT2D eigenvalue weighted by molar-refractivity contribution is 0.181. The molecular formula is C22H17F2N5O. The van der Waals surface area contributed by atoms with Crippen LogP contribution in [-0.4, -0.2) is 38.6 Å². The Morgan fingerprint density at radius 1 is 1.03 bits per heavy atom. The molecule has 0 spiro atoms. The Labute approximate surface area is 170 Å². The Hall–Kier alpha value is -3.81. The predicted molar refractivity (Wildman–Crippen MR) is 109 cm³/mol. The highest BCUT2D eigenvalue weighted by molar-refractivity contribution is 5.90. The van der Waals surface area contributed by atoms with Crippen molar-refractivity contribution in [2.45, 2.75) is 6.42 Å². The summed E-state index contributed by atoms with van der Waals surface area (Å²) in [4.78, 5) is 22.3. The first-order valence-corrected chi connectivity index (χ1v) is 9.53.